The van der Waals surface area contributed by atoms with Crippen LogP contribution in [-0.4, -0.2) is 33.6 Å². The predicted molar refractivity (Wildman–Crippen MR) is 154 cm³/mol. The average molecular weight is 578 g/mol. The Morgan fingerprint density at radius 2 is 1.64 bits per heavy atom. The zero-order valence-electron chi connectivity index (χ0n) is 24.2. The molecule has 0 aliphatic carbocycles. The molecule has 0 aliphatic heterocycles. The molecular weight excluding hydrogens is 543 g/mol. The van der Waals surface area contributed by atoms with Gasteiger partial charge in [0.05, 0.1) is 23.0 Å². The van der Waals surface area contributed by atoms with Gasteiger partial charge in [0.1, 0.15) is 24.0 Å². The van der Waals surface area contributed by atoms with Gasteiger partial charge in [-0.25, -0.2) is 13.2 Å². The second-order valence-electron chi connectivity index (χ2n) is 10.8. The number of aromatic nitrogens is 3. The Hall–Kier alpha value is -4.47. The Balaban J connectivity index is 1.75. The highest BCUT2D eigenvalue weighted by atomic mass is 19.1. The van der Waals surface area contributed by atoms with E-state index in [4.69, 9.17) is 0 Å². The van der Waals surface area contributed by atoms with Gasteiger partial charge in [0, 0.05) is 30.6 Å². The molecule has 2 aromatic heterocycles. The van der Waals surface area contributed by atoms with Crippen molar-refractivity contribution in [2.75, 3.05) is 7.05 Å². The van der Waals surface area contributed by atoms with Crippen LogP contribution in [0.2, 0.25) is 0 Å². The fraction of sp³-hybridized carbons (Fsp3) is 0.312. The summed E-state index contributed by atoms with van der Waals surface area (Å²) in [5.41, 5.74) is 3.32. The summed E-state index contributed by atoms with van der Waals surface area (Å²) < 4.78 is 44.4. The van der Waals surface area contributed by atoms with Crippen molar-refractivity contribution in [1.29, 1.82) is 0 Å². The number of halogens is 3. The zero-order chi connectivity index (χ0) is 30.6. The SMILES string of the molecule is CNC(=O)c1cc(-c2cccnc2[C@H](Cc2cc(F)cc(F)c2)NC(=O)Cn2nc(C(C)C)cc2C(C)C)ccc1F. The summed E-state index contributed by atoms with van der Waals surface area (Å²) in [7, 11) is 1.40. The van der Waals surface area contributed by atoms with Crippen molar-refractivity contribution < 1.29 is 22.8 Å². The van der Waals surface area contributed by atoms with Gasteiger partial charge in [-0.1, -0.05) is 39.8 Å². The maximum atomic E-state index is 14.5. The van der Waals surface area contributed by atoms with Crippen LogP contribution in [0.5, 0.6) is 0 Å². The molecule has 10 heteroatoms. The van der Waals surface area contributed by atoms with E-state index in [9.17, 15) is 22.8 Å². The zero-order valence-corrected chi connectivity index (χ0v) is 24.2. The first kappa shape index (κ1) is 30.5. The van der Waals surface area contributed by atoms with Crippen LogP contribution in [0.1, 0.15) is 78.6 Å². The summed E-state index contributed by atoms with van der Waals surface area (Å²) in [5.74, 6) is -2.86. The van der Waals surface area contributed by atoms with Crippen LogP contribution in [0.4, 0.5) is 13.2 Å². The molecule has 2 aromatic carbocycles. The van der Waals surface area contributed by atoms with Gasteiger partial charge in [-0.05, 0) is 65.8 Å². The van der Waals surface area contributed by atoms with Gasteiger partial charge < -0.3 is 10.6 Å². The van der Waals surface area contributed by atoms with Gasteiger partial charge in [0.2, 0.25) is 5.91 Å². The van der Waals surface area contributed by atoms with E-state index in [-0.39, 0.29) is 36.3 Å². The molecule has 0 radical (unpaired) electrons. The molecule has 0 aliphatic rings. The van der Waals surface area contributed by atoms with Crippen molar-refractivity contribution in [2.24, 2.45) is 0 Å². The van der Waals surface area contributed by atoms with Crippen LogP contribution in [-0.2, 0) is 17.8 Å². The molecule has 4 rings (SSSR count). The number of hydrogen-bond acceptors (Lipinski definition) is 4. The Morgan fingerprint density at radius 1 is 0.929 bits per heavy atom. The maximum absolute atomic E-state index is 14.5. The number of nitrogens with zero attached hydrogens (tertiary/aromatic N) is 3. The van der Waals surface area contributed by atoms with Crippen molar-refractivity contribution in [3.63, 3.8) is 0 Å². The number of nitrogens with one attached hydrogen (secondary N) is 2. The van der Waals surface area contributed by atoms with Gasteiger partial charge in [-0.2, -0.15) is 5.10 Å². The minimum atomic E-state index is -0.828. The highest BCUT2D eigenvalue weighted by Gasteiger charge is 2.24. The average Bonchev–Trinajstić information content (AvgIpc) is 3.36. The predicted octanol–water partition coefficient (Wildman–Crippen LogP) is 6.07. The van der Waals surface area contributed by atoms with Crippen LogP contribution in [0.15, 0.2) is 60.8 Å². The second-order valence-corrected chi connectivity index (χ2v) is 10.8. The molecular formula is C32H34F3N5O2. The Kier molecular flexibility index (Phi) is 9.45. The molecule has 0 spiro atoms. The van der Waals surface area contributed by atoms with Gasteiger partial charge in [0.15, 0.2) is 0 Å². The van der Waals surface area contributed by atoms with Gasteiger partial charge in [-0.3, -0.25) is 19.3 Å². The van der Waals surface area contributed by atoms with Gasteiger partial charge >= 0.3 is 0 Å². The summed E-state index contributed by atoms with van der Waals surface area (Å²) in [6.07, 6.45) is 1.55. The first-order valence-electron chi connectivity index (χ1n) is 13.8. The molecule has 2 N–H and O–H groups in total. The lowest BCUT2D eigenvalue weighted by atomic mass is 9.94. The number of benzene rings is 2. The highest BCUT2D eigenvalue weighted by Crippen LogP contribution is 2.30. The Labute approximate surface area is 243 Å². The number of amides is 2. The fourth-order valence-electron chi connectivity index (χ4n) is 4.82. The van der Waals surface area contributed by atoms with E-state index in [0.717, 1.165) is 17.5 Å². The summed E-state index contributed by atoms with van der Waals surface area (Å²) in [4.78, 5) is 30.3. The number of rotatable bonds is 10. The van der Waals surface area contributed by atoms with E-state index in [2.05, 4.69) is 20.7 Å². The van der Waals surface area contributed by atoms with Crippen molar-refractivity contribution >= 4 is 11.8 Å². The third-order valence-electron chi connectivity index (χ3n) is 6.92. The van der Waals surface area contributed by atoms with Crippen molar-refractivity contribution in [1.82, 2.24) is 25.4 Å². The topological polar surface area (TPSA) is 88.9 Å². The third kappa shape index (κ3) is 7.05. The normalized spacial score (nSPS) is 12.0. The minimum absolute atomic E-state index is 0.0152. The minimum Gasteiger partial charge on any atom is -0.355 e. The van der Waals surface area contributed by atoms with E-state index in [1.807, 2.05) is 33.8 Å². The number of carbonyl (C=O) groups is 2. The summed E-state index contributed by atoms with van der Waals surface area (Å²) in [6.45, 7) is 8.02. The molecule has 42 heavy (non-hydrogen) atoms. The molecule has 0 bridgehead atoms. The molecule has 4 aromatic rings. The first-order valence-corrected chi connectivity index (χ1v) is 13.8. The third-order valence-corrected chi connectivity index (χ3v) is 6.92. The van der Waals surface area contributed by atoms with E-state index < -0.39 is 29.4 Å². The van der Waals surface area contributed by atoms with E-state index in [1.165, 1.54) is 43.6 Å². The summed E-state index contributed by atoms with van der Waals surface area (Å²) >= 11 is 0. The van der Waals surface area contributed by atoms with E-state index in [0.29, 0.717) is 22.4 Å². The molecule has 2 heterocycles. The second kappa shape index (κ2) is 13.0. The lowest BCUT2D eigenvalue weighted by Crippen LogP contribution is -2.34. The molecule has 2 amide bonds. The molecule has 0 saturated carbocycles. The summed E-state index contributed by atoms with van der Waals surface area (Å²) in [5, 5.41) is 10.0. The lowest BCUT2D eigenvalue weighted by Gasteiger charge is -2.22. The number of carbonyl (C=O) groups excluding carboxylic acids is 2. The number of hydrogen-bond donors (Lipinski definition) is 2. The lowest BCUT2D eigenvalue weighted by molar-refractivity contribution is -0.122. The largest absolute Gasteiger partial charge is 0.355 e. The van der Waals surface area contributed by atoms with Crippen molar-refractivity contribution in [3.8, 4) is 11.1 Å². The molecule has 0 fully saturated rings. The molecule has 0 unspecified atom stereocenters. The van der Waals surface area contributed by atoms with Crippen LogP contribution in [0.3, 0.4) is 0 Å². The quantitative estimate of drug-likeness (QED) is 0.240. The van der Waals surface area contributed by atoms with E-state index in [1.54, 1.807) is 16.8 Å². The Bertz CT molecular complexity index is 1580. The first-order chi connectivity index (χ1) is 20.0. The fourth-order valence-corrected chi connectivity index (χ4v) is 4.82. The van der Waals surface area contributed by atoms with Crippen LogP contribution in [0, 0.1) is 17.5 Å². The van der Waals surface area contributed by atoms with Gasteiger partial charge in [0.25, 0.3) is 5.91 Å². The standard InChI is InChI=1S/C32H34F3N5O2/c1-18(2)27-16-29(19(3)4)40(39-27)17-30(41)38-28(13-20-11-22(33)15-23(34)12-20)31-24(7-6-10-37-31)21-8-9-26(35)25(14-21)32(42)36-5/h6-12,14-16,18-19,28H,13,17H2,1-5H3,(H,36,42)(H,38,41)/t28-/m0/s1. The smallest absolute Gasteiger partial charge is 0.254 e. The van der Waals surface area contributed by atoms with Gasteiger partial charge in [-0.15, -0.1) is 0 Å². The molecule has 0 saturated heterocycles. The van der Waals surface area contributed by atoms with Crippen LogP contribution >= 0.6 is 0 Å². The molecule has 220 valence electrons. The number of pyridine rings is 1. The van der Waals surface area contributed by atoms with Crippen molar-refractivity contribution in [2.45, 2.75) is 58.5 Å². The monoisotopic (exact) mass is 577 g/mol. The van der Waals surface area contributed by atoms with Crippen molar-refractivity contribution in [3.05, 3.63) is 106 Å². The maximum Gasteiger partial charge on any atom is 0.254 e. The highest BCUT2D eigenvalue weighted by molar-refractivity contribution is 5.95. The Morgan fingerprint density at radius 3 is 2.29 bits per heavy atom. The van der Waals surface area contributed by atoms with Crippen LogP contribution < -0.4 is 10.6 Å². The van der Waals surface area contributed by atoms with Crippen LogP contribution in [0.25, 0.3) is 11.1 Å². The van der Waals surface area contributed by atoms with E-state index >= 15 is 0 Å². The summed E-state index contributed by atoms with van der Waals surface area (Å²) in [6, 6.07) is 11.8. The molecule has 1 atom stereocenters. The molecule has 7 nitrogen and oxygen atoms in total.